The molecule has 1 aromatic carbocycles. The highest BCUT2D eigenvalue weighted by molar-refractivity contribution is 5.98. The van der Waals surface area contributed by atoms with Gasteiger partial charge < -0.3 is 20.5 Å². The summed E-state index contributed by atoms with van der Waals surface area (Å²) in [6.07, 6.45) is 0.289. The number of nitrogens with two attached hydrogens (primary N) is 1. The van der Waals surface area contributed by atoms with E-state index in [1.807, 2.05) is 6.07 Å². The van der Waals surface area contributed by atoms with Gasteiger partial charge in [0, 0.05) is 20.2 Å². The van der Waals surface area contributed by atoms with E-state index >= 15 is 0 Å². The van der Waals surface area contributed by atoms with Crippen LogP contribution in [0.4, 0.5) is 11.4 Å². The first-order chi connectivity index (χ1) is 9.11. The Hall–Kier alpha value is -2.26. The molecule has 0 atom stereocenters. The van der Waals surface area contributed by atoms with E-state index in [1.165, 1.54) is 6.07 Å². The van der Waals surface area contributed by atoms with Crippen LogP contribution in [0.3, 0.4) is 0 Å². The molecule has 0 spiro atoms. The van der Waals surface area contributed by atoms with Gasteiger partial charge in [-0.2, -0.15) is 5.26 Å². The summed E-state index contributed by atoms with van der Waals surface area (Å²) in [5, 5.41) is 17.9. The molecule has 0 radical (unpaired) electrons. The van der Waals surface area contributed by atoms with Crippen molar-refractivity contribution in [2.24, 2.45) is 0 Å². The van der Waals surface area contributed by atoms with Gasteiger partial charge in [-0.3, -0.25) is 0 Å². The number of carboxylic acid groups (broad SMARTS) is 1. The SMILES string of the molecule is COCCN(CCC#N)c1c(N)cccc1C(=O)O. The van der Waals surface area contributed by atoms with Gasteiger partial charge >= 0.3 is 5.97 Å². The first-order valence-electron chi connectivity index (χ1n) is 5.84. The maximum absolute atomic E-state index is 11.2. The third-order valence-electron chi connectivity index (χ3n) is 2.67. The molecule has 0 saturated heterocycles. The van der Waals surface area contributed by atoms with Crippen LogP contribution in [0.1, 0.15) is 16.8 Å². The third kappa shape index (κ3) is 3.86. The van der Waals surface area contributed by atoms with Crippen molar-refractivity contribution in [2.75, 3.05) is 37.4 Å². The molecule has 1 aromatic rings. The average Bonchev–Trinajstić information content (AvgIpc) is 2.39. The van der Waals surface area contributed by atoms with Crippen LogP contribution in [-0.4, -0.2) is 37.9 Å². The summed E-state index contributed by atoms with van der Waals surface area (Å²) in [4.78, 5) is 13.0. The molecule has 3 N–H and O–H groups in total. The van der Waals surface area contributed by atoms with Crippen LogP contribution < -0.4 is 10.6 Å². The van der Waals surface area contributed by atoms with E-state index in [9.17, 15) is 9.90 Å². The Balaban J connectivity index is 3.12. The Kier molecular flexibility index (Phi) is 5.64. The first kappa shape index (κ1) is 14.8. The number of anilines is 2. The number of carbonyl (C=O) groups is 1. The lowest BCUT2D eigenvalue weighted by molar-refractivity contribution is 0.0697. The van der Waals surface area contributed by atoms with Gasteiger partial charge in [0.25, 0.3) is 0 Å². The van der Waals surface area contributed by atoms with Gasteiger partial charge in [-0.15, -0.1) is 0 Å². The lowest BCUT2D eigenvalue weighted by Crippen LogP contribution is -2.30. The van der Waals surface area contributed by atoms with Crippen molar-refractivity contribution in [2.45, 2.75) is 6.42 Å². The molecule has 0 heterocycles. The Labute approximate surface area is 112 Å². The summed E-state index contributed by atoms with van der Waals surface area (Å²) < 4.78 is 5.00. The zero-order chi connectivity index (χ0) is 14.3. The Bertz CT molecular complexity index is 483. The van der Waals surface area contributed by atoms with Crippen LogP contribution in [0, 0.1) is 11.3 Å². The topological polar surface area (TPSA) is 99.6 Å². The minimum Gasteiger partial charge on any atom is -0.478 e. The standard InChI is InChI=1S/C13H17N3O3/c1-19-9-8-16(7-3-6-14)12-10(13(17)18)4-2-5-11(12)15/h2,4-5H,3,7-9,15H2,1H3,(H,17,18). The summed E-state index contributed by atoms with van der Waals surface area (Å²) in [5.74, 6) is -1.04. The number of hydrogen-bond donors (Lipinski definition) is 2. The van der Waals surface area contributed by atoms with E-state index in [-0.39, 0.29) is 12.0 Å². The first-order valence-corrected chi connectivity index (χ1v) is 5.84. The van der Waals surface area contributed by atoms with Crippen molar-refractivity contribution in [1.29, 1.82) is 5.26 Å². The second-order valence-electron chi connectivity index (χ2n) is 3.94. The maximum atomic E-state index is 11.2. The van der Waals surface area contributed by atoms with Crippen LogP contribution in [0.25, 0.3) is 0 Å². The predicted octanol–water partition coefficient (Wildman–Crippen LogP) is 1.33. The fourth-order valence-electron chi connectivity index (χ4n) is 1.81. The highest BCUT2D eigenvalue weighted by Gasteiger charge is 2.18. The molecule has 0 aromatic heterocycles. The number of nitriles is 1. The molecule has 6 nitrogen and oxygen atoms in total. The van der Waals surface area contributed by atoms with Crippen molar-refractivity contribution in [3.63, 3.8) is 0 Å². The van der Waals surface area contributed by atoms with Crippen LogP contribution in [-0.2, 0) is 4.74 Å². The summed E-state index contributed by atoms with van der Waals surface area (Å²) >= 11 is 0. The number of ether oxygens (including phenoxy) is 1. The highest BCUT2D eigenvalue weighted by Crippen LogP contribution is 2.28. The third-order valence-corrected chi connectivity index (χ3v) is 2.67. The van der Waals surface area contributed by atoms with Crippen LogP contribution >= 0.6 is 0 Å². The van der Waals surface area contributed by atoms with Crippen molar-refractivity contribution in [3.8, 4) is 6.07 Å². The molecular weight excluding hydrogens is 246 g/mol. The smallest absolute Gasteiger partial charge is 0.337 e. The number of nitrogen functional groups attached to an aromatic ring is 1. The Morgan fingerprint density at radius 3 is 2.84 bits per heavy atom. The summed E-state index contributed by atoms with van der Waals surface area (Å²) in [6, 6.07) is 6.79. The second-order valence-corrected chi connectivity index (χ2v) is 3.94. The maximum Gasteiger partial charge on any atom is 0.337 e. The van der Waals surface area contributed by atoms with E-state index in [2.05, 4.69) is 0 Å². The fourth-order valence-corrected chi connectivity index (χ4v) is 1.81. The Morgan fingerprint density at radius 2 is 2.26 bits per heavy atom. The van der Waals surface area contributed by atoms with Gasteiger partial charge in [-0.05, 0) is 12.1 Å². The van der Waals surface area contributed by atoms with Crippen LogP contribution in [0.5, 0.6) is 0 Å². The lowest BCUT2D eigenvalue weighted by Gasteiger charge is -2.26. The van der Waals surface area contributed by atoms with Gasteiger partial charge in [-0.1, -0.05) is 6.07 Å². The molecule has 0 aliphatic rings. The van der Waals surface area contributed by atoms with Gasteiger partial charge in [-0.25, -0.2) is 4.79 Å². The lowest BCUT2D eigenvalue weighted by atomic mass is 10.1. The summed E-state index contributed by atoms with van der Waals surface area (Å²) in [6.45, 7) is 1.32. The molecule has 0 saturated carbocycles. The summed E-state index contributed by atoms with van der Waals surface area (Å²) in [7, 11) is 1.56. The van der Waals surface area contributed by atoms with E-state index in [0.29, 0.717) is 31.1 Å². The van der Waals surface area contributed by atoms with Crippen molar-refractivity contribution < 1.29 is 14.6 Å². The monoisotopic (exact) mass is 263 g/mol. The molecule has 102 valence electrons. The largest absolute Gasteiger partial charge is 0.478 e. The van der Waals surface area contributed by atoms with Gasteiger partial charge in [0.1, 0.15) is 0 Å². The van der Waals surface area contributed by atoms with E-state index < -0.39 is 5.97 Å². The molecule has 1 rings (SSSR count). The minimum atomic E-state index is -1.04. The molecular formula is C13H17N3O3. The normalized spacial score (nSPS) is 9.89. The number of carboxylic acids is 1. The molecule has 0 aliphatic heterocycles. The molecule has 6 heteroatoms. The zero-order valence-electron chi connectivity index (χ0n) is 10.8. The summed E-state index contributed by atoms with van der Waals surface area (Å²) in [5.41, 5.74) is 6.84. The molecule has 0 bridgehead atoms. The molecule has 0 amide bonds. The number of para-hydroxylation sites is 1. The van der Waals surface area contributed by atoms with Gasteiger partial charge in [0.15, 0.2) is 0 Å². The van der Waals surface area contributed by atoms with Crippen LogP contribution in [0.15, 0.2) is 18.2 Å². The molecule has 0 fully saturated rings. The van der Waals surface area contributed by atoms with Crippen molar-refractivity contribution in [1.82, 2.24) is 0 Å². The highest BCUT2D eigenvalue weighted by atomic mass is 16.5. The van der Waals surface area contributed by atoms with Gasteiger partial charge in [0.2, 0.25) is 0 Å². The van der Waals surface area contributed by atoms with E-state index in [4.69, 9.17) is 15.7 Å². The van der Waals surface area contributed by atoms with E-state index in [1.54, 1.807) is 24.1 Å². The van der Waals surface area contributed by atoms with E-state index in [0.717, 1.165) is 0 Å². The number of rotatable bonds is 7. The number of hydrogen-bond acceptors (Lipinski definition) is 5. The molecule has 0 unspecified atom stereocenters. The van der Waals surface area contributed by atoms with Gasteiger partial charge in [0.05, 0.1) is 36.0 Å². The van der Waals surface area contributed by atoms with Crippen molar-refractivity contribution >= 4 is 17.3 Å². The van der Waals surface area contributed by atoms with Crippen LogP contribution in [0.2, 0.25) is 0 Å². The van der Waals surface area contributed by atoms with Crippen molar-refractivity contribution in [3.05, 3.63) is 23.8 Å². The fraction of sp³-hybridized carbons (Fsp3) is 0.385. The average molecular weight is 263 g/mol. The number of nitrogens with zero attached hydrogens (tertiary/aromatic N) is 2. The predicted molar refractivity (Wildman–Crippen MR) is 72.1 cm³/mol. The number of methoxy groups -OCH3 is 1. The zero-order valence-corrected chi connectivity index (χ0v) is 10.8. The minimum absolute atomic E-state index is 0.133. The molecule has 19 heavy (non-hydrogen) atoms. The number of benzene rings is 1. The Morgan fingerprint density at radius 1 is 1.53 bits per heavy atom. The number of aromatic carboxylic acids is 1. The molecule has 0 aliphatic carbocycles. The quantitative estimate of drug-likeness (QED) is 0.720. The second kappa shape index (κ2) is 7.24.